The number of nitrogens with one attached hydrogen (secondary N) is 1. The summed E-state index contributed by atoms with van der Waals surface area (Å²) < 4.78 is 11.8. The second-order valence-electron chi connectivity index (χ2n) is 7.61. The van der Waals surface area contributed by atoms with Crippen molar-refractivity contribution in [3.05, 3.63) is 54.1 Å². The number of hydrogen-bond donors (Lipinski definition) is 1. The molecule has 0 aliphatic carbocycles. The van der Waals surface area contributed by atoms with E-state index in [1.54, 1.807) is 0 Å². The van der Waals surface area contributed by atoms with Gasteiger partial charge in [0.1, 0.15) is 17.1 Å². The summed E-state index contributed by atoms with van der Waals surface area (Å²) in [7, 11) is 0. The van der Waals surface area contributed by atoms with Crippen molar-refractivity contribution in [3.63, 3.8) is 0 Å². The van der Waals surface area contributed by atoms with E-state index in [0.29, 0.717) is 48.8 Å². The number of carbonyl (C=O) groups excluding carboxylic acids is 2. The third kappa shape index (κ3) is 3.05. The van der Waals surface area contributed by atoms with Crippen molar-refractivity contribution in [1.29, 1.82) is 0 Å². The Kier molecular flexibility index (Phi) is 4.27. The molecule has 2 fully saturated rings. The number of ether oxygens (including phenoxy) is 1. The summed E-state index contributed by atoms with van der Waals surface area (Å²) in [5.74, 6) is 1.47. The summed E-state index contributed by atoms with van der Waals surface area (Å²) in [5.41, 5.74) is 2.07. The largest absolute Gasteiger partial charge is 0.494 e. The maximum absolute atomic E-state index is 13.6. The van der Waals surface area contributed by atoms with Gasteiger partial charge in [-0.05, 0) is 25.1 Å². The lowest BCUT2D eigenvalue weighted by molar-refractivity contribution is -0.119. The van der Waals surface area contributed by atoms with E-state index in [0.717, 1.165) is 10.9 Å². The van der Waals surface area contributed by atoms with E-state index in [-0.39, 0.29) is 23.8 Å². The molecule has 5 rings (SSSR count). The molecule has 148 valence electrons. The van der Waals surface area contributed by atoms with Crippen molar-refractivity contribution >= 4 is 22.8 Å². The molecular formula is C23H22N2O4. The fourth-order valence-corrected chi connectivity index (χ4v) is 4.41. The van der Waals surface area contributed by atoms with Gasteiger partial charge in [-0.25, -0.2) is 0 Å². The van der Waals surface area contributed by atoms with Gasteiger partial charge in [0.25, 0.3) is 5.91 Å². The molecule has 2 saturated heterocycles. The summed E-state index contributed by atoms with van der Waals surface area (Å²) in [4.78, 5) is 27.1. The first kappa shape index (κ1) is 17.8. The van der Waals surface area contributed by atoms with E-state index in [1.165, 1.54) is 0 Å². The highest BCUT2D eigenvalue weighted by molar-refractivity contribution is 6.11. The fraction of sp³-hybridized carbons (Fsp3) is 0.304. The predicted molar refractivity (Wildman–Crippen MR) is 109 cm³/mol. The van der Waals surface area contributed by atoms with Gasteiger partial charge in [0.15, 0.2) is 0 Å². The molecule has 3 heterocycles. The van der Waals surface area contributed by atoms with Gasteiger partial charge in [0.2, 0.25) is 5.91 Å². The summed E-state index contributed by atoms with van der Waals surface area (Å²) in [6.07, 6.45) is 0.487. The van der Waals surface area contributed by atoms with Gasteiger partial charge in [-0.3, -0.25) is 9.59 Å². The van der Waals surface area contributed by atoms with Gasteiger partial charge in [-0.15, -0.1) is 0 Å². The SMILES string of the molecule is CCOc1ccc2oc(-c3ccccc3)c(C(=O)N3C[C@@H]4CC(=O)N[C@@H]4C3)c2c1. The summed E-state index contributed by atoms with van der Waals surface area (Å²) in [5, 5.41) is 3.73. The number of fused-ring (bicyclic) bond motifs is 2. The number of rotatable bonds is 4. The van der Waals surface area contributed by atoms with Crippen molar-refractivity contribution in [2.75, 3.05) is 19.7 Å². The predicted octanol–water partition coefficient (Wildman–Crippen LogP) is 3.46. The molecule has 2 amide bonds. The third-order valence-corrected chi connectivity index (χ3v) is 5.74. The lowest BCUT2D eigenvalue weighted by atomic mass is 10.0. The van der Waals surface area contributed by atoms with Crippen LogP contribution in [-0.2, 0) is 4.79 Å². The van der Waals surface area contributed by atoms with Crippen LogP contribution >= 0.6 is 0 Å². The first-order valence-corrected chi connectivity index (χ1v) is 9.97. The van der Waals surface area contributed by atoms with Crippen LogP contribution in [0, 0.1) is 5.92 Å². The zero-order valence-electron chi connectivity index (χ0n) is 16.2. The molecule has 3 aromatic rings. The quantitative estimate of drug-likeness (QED) is 0.741. The van der Waals surface area contributed by atoms with Crippen LogP contribution < -0.4 is 10.1 Å². The highest BCUT2D eigenvalue weighted by Crippen LogP contribution is 2.37. The van der Waals surface area contributed by atoms with Crippen LogP contribution in [0.3, 0.4) is 0 Å². The Balaban J connectivity index is 1.59. The Morgan fingerprint density at radius 3 is 2.79 bits per heavy atom. The number of amides is 2. The Labute approximate surface area is 168 Å². The second kappa shape index (κ2) is 6.95. The number of benzene rings is 2. The summed E-state index contributed by atoms with van der Waals surface area (Å²) in [6, 6.07) is 15.3. The van der Waals surface area contributed by atoms with E-state index < -0.39 is 0 Å². The van der Waals surface area contributed by atoms with Crippen LogP contribution in [0.5, 0.6) is 5.75 Å². The zero-order valence-corrected chi connectivity index (χ0v) is 16.2. The van der Waals surface area contributed by atoms with Crippen molar-refractivity contribution in [2.45, 2.75) is 19.4 Å². The Morgan fingerprint density at radius 2 is 2.03 bits per heavy atom. The Hall–Kier alpha value is -3.28. The average Bonchev–Trinajstić information content (AvgIpc) is 3.39. The number of carbonyl (C=O) groups is 2. The molecule has 0 unspecified atom stereocenters. The molecule has 6 nitrogen and oxygen atoms in total. The van der Waals surface area contributed by atoms with Gasteiger partial charge in [0, 0.05) is 36.4 Å². The molecule has 2 aliphatic rings. The Bertz CT molecular complexity index is 1070. The third-order valence-electron chi connectivity index (χ3n) is 5.74. The van der Waals surface area contributed by atoms with E-state index >= 15 is 0 Å². The Morgan fingerprint density at radius 1 is 1.21 bits per heavy atom. The lowest BCUT2D eigenvalue weighted by Gasteiger charge is -2.17. The number of likely N-dealkylation sites (tertiary alicyclic amines) is 1. The van der Waals surface area contributed by atoms with Gasteiger partial charge >= 0.3 is 0 Å². The minimum atomic E-state index is -0.0695. The molecule has 1 aromatic heterocycles. The maximum Gasteiger partial charge on any atom is 0.258 e. The van der Waals surface area contributed by atoms with E-state index in [2.05, 4.69) is 5.32 Å². The van der Waals surface area contributed by atoms with Crippen LogP contribution in [0.1, 0.15) is 23.7 Å². The second-order valence-corrected chi connectivity index (χ2v) is 7.61. The minimum absolute atomic E-state index is 0.0452. The normalized spacial score (nSPS) is 20.7. The highest BCUT2D eigenvalue weighted by atomic mass is 16.5. The summed E-state index contributed by atoms with van der Waals surface area (Å²) in [6.45, 7) is 3.58. The first-order chi connectivity index (χ1) is 14.1. The van der Waals surface area contributed by atoms with Crippen LogP contribution in [0.2, 0.25) is 0 Å². The molecule has 2 aliphatic heterocycles. The summed E-state index contributed by atoms with van der Waals surface area (Å²) >= 11 is 0. The molecule has 2 atom stereocenters. The minimum Gasteiger partial charge on any atom is -0.494 e. The molecule has 6 heteroatoms. The van der Waals surface area contributed by atoms with Crippen LogP contribution in [-0.4, -0.2) is 42.5 Å². The first-order valence-electron chi connectivity index (χ1n) is 9.97. The maximum atomic E-state index is 13.6. The van der Waals surface area contributed by atoms with E-state index in [1.807, 2.05) is 60.4 Å². The molecule has 0 saturated carbocycles. The van der Waals surface area contributed by atoms with Gasteiger partial charge < -0.3 is 19.4 Å². The molecule has 0 bridgehead atoms. The van der Waals surface area contributed by atoms with Gasteiger partial charge in [-0.2, -0.15) is 0 Å². The molecule has 1 N–H and O–H groups in total. The molecule has 0 radical (unpaired) electrons. The van der Waals surface area contributed by atoms with E-state index in [4.69, 9.17) is 9.15 Å². The standard InChI is InChI=1S/C23H22N2O4/c1-2-28-16-8-9-19-17(11-16)21(22(29-19)14-6-4-3-5-7-14)23(27)25-12-15-10-20(26)24-18(15)13-25/h3-9,11,15,18H,2,10,12-13H2,1H3,(H,24,26)/t15-,18+/m0/s1. The lowest BCUT2D eigenvalue weighted by Crippen LogP contribution is -2.35. The van der Waals surface area contributed by atoms with Crippen LogP contribution in [0.25, 0.3) is 22.3 Å². The zero-order chi connectivity index (χ0) is 20.0. The molecule has 2 aromatic carbocycles. The number of nitrogens with zero attached hydrogens (tertiary/aromatic N) is 1. The van der Waals surface area contributed by atoms with Crippen LogP contribution in [0.15, 0.2) is 52.9 Å². The average molecular weight is 390 g/mol. The van der Waals surface area contributed by atoms with Gasteiger partial charge in [-0.1, -0.05) is 30.3 Å². The smallest absolute Gasteiger partial charge is 0.258 e. The molecule has 29 heavy (non-hydrogen) atoms. The number of furan rings is 1. The van der Waals surface area contributed by atoms with Crippen molar-refractivity contribution < 1.29 is 18.7 Å². The van der Waals surface area contributed by atoms with E-state index in [9.17, 15) is 9.59 Å². The number of hydrogen-bond acceptors (Lipinski definition) is 4. The topological polar surface area (TPSA) is 71.8 Å². The molecule has 0 spiro atoms. The van der Waals surface area contributed by atoms with Crippen LogP contribution in [0.4, 0.5) is 0 Å². The van der Waals surface area contributed by atoms with Gasteiger partial charge in [0.05, 0.1) is 18.2 Å². The van der Waals surface area contributed by atoms with Crippen molar-refractivity contribution in [1.82, 2.24) is 10.2 Å². The highest BCUT2D eigenvalue weighted by Gasteiger charge is 2.42. The molecular weight excluding hydrogens is 368 g/mol. The van der Waals surface area contributed by atoms with Crippen molar-refractivity contribution in [3.8, 4) is 17.1 Å². The van der Waals surface area contributed by atoms with Crippen molar-refractivity contribution in [2.24, 2.45) is 5.92 Å². The monoisotopic (exact) mass is 390 g/mol. The fourth-order valence-electron chi connectivity index (χ4n) is 4.41.